The molecule has 3 aromatic rings. The summed E-state index contributed by atoms with van der Waals surface area (Å²) in [6.45, 7) is 4.94. The Hall–Kier alpha value is -3.37. The normalized spacial score (nSPS) is 12.4. The highest BCUT2D eigenvalue weighted by molar-refractivity contribution is 5.72. The van der Waals surface area contributed by atoms with Gasteiger partial charge in [0, 0.05) is 13.0 Å². The predicted molar refractivity (Wildman–Crippen MR) is 129 cm³/mol. The van der Waals surface area contributed by atoms with Gasteiger partial charge in [0.05, 0.1) is 0 Å². The van der Waals surface area contributed by atoms with Crippen molar-refractivity contribution in [2.75, 3.05) is 13.2 Å². The van der Waals surface area contributed by atoms with Crippen LogP contribution in [0.5, 0.6) is 5.75 Å². The van der Waals surface area contributed by atoms with Crippen molar-refractivity contribution in [2.24, 2.45) is 0 Å². The number of ether oxygens (including phenoxy) is 2. The first-order valence-electron chi connectivity index (χ1n) is 11.0. The average molecular weight is 431 g/mol. The van der Waals surface area contributed by atoms with Crippen LogP contribution in [0.2, 0.25) is 0 Å². The molecule has 0 amide bonds. The first kappa shape index (κ1) is 23.3. The quantitative estimate of drug-likeness (QED) is 0.390. The molecule has 0 saturated heterocycles. The average Bonchev–Trinajstić information content (AvgIpc) is 2.83. The van der Waals surface area contributed by atoms with E-state index in [1.807, 2.05) is 49.4 Å². The molecule has 166 valence electrons. The van der Waals surface area contributed by atoms with Crippen LogP contribution in [-0.4, -0.2) is 30.4 Å². The molecule has 0 aliphatic rings. The summed E-state index contributed by atoms with van der Waals surface area (Å²) in [7, 11) is 0. The molecule has 0 heterocycles. The molecule has 1 N–H and O–H groups in total. The summed E-state index contributed by atoms with van der Waals surface area (Å²) in [6, 6.07) is 26.4. The molecule has 3 aromatic carbocycles. The van der Waals surface area contributed by atoms with Crippen molar-refractivity contribution in [2.45, 2.75) is 32.8 Å². The number of carboxylic acid groups (broad SMARTS) is 1. The highest BCUT2D eigenvalue weighted by Gasteiger charge is 2.18. The van der Waals surface area contributed by atoms with Crippen LogP contribution < -0.4 is 4.74 Å². The topological polar surface area (TPSA) is 55.8 Å². The summed E-state index contributed by atoms with van der Waals surface area (Å²) < 4.78 is 11.3. The molecule has 0 bridgehead atoms. The fourth-order valence-electron chi connectivity index (χ4n) is 3.35. The minimum absolute atomic E-state index is 0.341. The van der Waals surface area contributed by atoms with E-state index in [4.69, 9.17) is 9.47 Å². The molecule has 4 heteroatoms. The van der Waals surface area contributed by atoms with E-state index in [2.05, 4.69) is 49.4 Å². The molecule has 0 aromatic heterocycles. The molecule has 0 saturated carbocycles. The number of rotatable bonds is 11. The van der Waals surface area contributed by atoms with E-state index in [0.29, 0.717) is 19.6 Å². The number of hydrogen-bond donors (Lipinski definition) is 1. The van der Waals surface area contributed by atoms with E-state index < -0.39 is 12.1 Å². The van der Waals surface area contributed by atoms with Crippen LogP contribution in [0, 0.1) is 0 Å². The van der Waals surface area contributed by atoms with Gasteiger partial charge in [-0.3, -0.25) is 0 Å². The molecule has 32 heavy (non-hydrogen) atoms. The van der Waals surface area contributed by atoms with Crippen LogP contribution in [0.4, 0.5) is 0 Å². The van der Waals surface area contributed by atoms with E-state index in [9.17, 15) is 9.90 Å². The van der Waals surface area contributed by atoms with Crippen LogP contribution >= 0.6 is 0 Å². The Kier molecular flexibility index (Phi) is 8.64. The monoisotopic (exact) mass is 430 g/mol. The van der Waals surface area contributed by atoms with Gasteiger partial charge < -0.3 is 14.6 Å². The molecular weight excluding hydrogens is 400 g/mol. The second-order valence-corrected chi connectivity index (χ2v) is 7.69. The first-order valence-corrected chi connectivity index (χ1v) is 11.0. The molecule has 0 aliphatic carbocycles. The van der Waals surface area contributed by atoms with E-state index in [1.165, 1.54) is 11.1 Å². The SMILES string of the molecule is CCCO[C@@H](Cc1ccc(OCC=C(C)c2ccc(-c3ccccc3)cc2)cc1)C(=O)O. The zero-order chi connectivity index (χ0) is 22.8. The lowest BCUT2D eigenvalue weighted by molar-refractivity contribution is -0.150. The molecule has 3 rings (SSSR count). The van der Waals surface area contributed by atoms with E-state index in [0.717, 1.165) is 28.9 Å². The number of allylic oxidation sites excluding steroid dienone is 1. The van der Waals surface area contributed by atoms with Gasteiger partial charge >= 0.3 is 5.97 Å². The molecule has 1 atom stereocenters. The van der Waals surface area contributed by atoms with Gasteiger partial charge in [-0.15, -0.1) is 0 Å². The smallest absolute Gasteiger partial charge is 0.333 e. The van der Waals surface area contributed by atoms with Crippen molar-refractivity contribution < 1.29 is 19.4 Å². The van der Waals surface area contributed by atoms with Crippen molar-refractivity contribution in [1.82, 2.24) is 0 Å². The lowest BCUT2D eigenvalue weighted by Crippen LogP contribution is -2.26. The Morgan fingerprint density at radius 1 is 0.938 bits per heavy atom. The van der Waals surface area contributed by atoms with Crippen molar-refractivity contribution in [3.63, 3.8) is 0 Å². The van der Waals surface area contributed by atoms with Crippen molar-refractivity contribution in [1.29, 1.82) is 0 Å². The fraction of sp³-hybridized carbons (Fsp3) is 0.250. The Labute approximate surface area is 190 Å². The summed E-state index contributed by atoms with van der Waals surface area (Å²) in [5.74, 6) is -0.185. The van der Waals surface area contributed by atoms with Gasteiger partial charge in [-0.25, -0.2) is 4.79 Å². The van der Waals surface area contributed by atoms with Crippen LogP contribution in [0.15, 0.2) is 84.9 Å². The van der Waals surface area contributed by atoms with E-state index in [-0.39, 0.29) is 0 Å². The maximum absolute atomic E-state index is 11.3. The summed E-state index contributed by atoms with van der Waals surface area (Å²) in [4.78, 5) is 11.3. The van der Waals surface area contributed by atoms with Gasteiger partial charge in [0.1, 0.15) is 12.4 Å². The Morgan fingerprint density at radius 2 is 1.59 bits per heavy atom. The fourth-order valence-corrected chi connectivity index (χ4v) is 3.35. The predicted octanol–water partition coefficient (Wildman–Crippen LogP) is 6.26. The Morgan fingerprint density at radius 3 is 2.22 bits per heavy atom. The number of carbonyl (C=O) groups is 1. The van der Waals surface area contributed by atoms with Crippen molar-refractivity contribution >= 4 is 11.5 Å². The van der Waals surface area contributed by atoms with Gasteiger partial charge in [0.25, 0.3) is 0 Å². The highest BCUT2D eigenvalue weighted by atomic mass is 16.5. The second-order valence-electron chi connectivity index (χ2n) is 7.69. The Bertz CT molecular complexity index is 1010. The standard InChI is InChI=1S/C28H30O4/c1-3-18-32-27(28(29)30)20-22-9-15-26(16-10-22)31-19-17-21(2)23-11-13-25(14-12-23)24-7-5-4-6-8-24/h4-17,27H,3,18-20H2,1-2H3,(H,29,30)/t27-/m0/s1. The van der Waals surface area contributed by atoms with Gasteiger partial charge in [0.15, 0.2) is 6.10 Å². The highest BCUT2D eigenvalue weighted by Crippen LogP contribution is 2.22. The molecule has 0 unspecified atom stereocenters. The lowest BCUT2D eigenvalue weighted by Gasteiger charge is -2.13. The van der Waals surface area contributed by atoms with Crippen LogP contribution in [0.1, 0.15) is 31.4 Å². The third-order valence-electron chi connectivity index (χ3n) is 5.23. The summed E-state index contributed by atoms with van der Waals surface area (Å²) in [5, 5.41) is 9.29. The molecular formula is C28H30O4. The summed E-state index contributed by atoms with van der Waals surface area (Å²) in [5.41, 5.74) is 5.63. The lowest BCUT2D eigenvalue weighted by atomic mass is 10.0. The van der Waals surface area contributed by atoms with Crippen LogP contribution in [0.3, 0.4) is 0 Å². The zero-order valence-corrected chi connectivity index (χ0v) is 18.7. The van der Waals surface area contributed by atoms with Gasteiger partial charge in [-0.1, -0.05) is 73.7 Å². The maximum Gasteiger partial charge on any atom is 0.333 e. The zero-order valence-electron chi connectivity index (χ0n) is 18.7. The number of carboxylic acids is 1. The minimum atomic E-state index is -0.934. The van der Waals surface area contributed by atoms with Gasteiger partial charge in [-0.05, 0) is 59.4 Å². The molecule has 0 spiro atoms. The number of benzene rings is 3. The molecule has 0 fully saturated rings. The molecule has 4 nitrogen and oxygen atoms in total. The maximum atomic E-state index is 11.3. The van der Waals surface area contributed by atoms with Crippen LogP contribution in [-0.2, 0) is 16.0 Å². The third-order valence-corrected chi connectivity index (χ3v) is 5.23. The largest absolute Gasteiger partial charge is 0.490 e. The van der Waals surface area contributed by atoms with E-state index in [1.54, 1.807) is 0 Å². The van der Waals surface area contributed by atoms with Crippen LogP contribution in [0.25, 0.3) is 16.7 Å². The van der Waals surface area contributed by atoms with E-state index >= 15 is 0 Å². The summed E-state index contributed by atoms with van der Waals surface area (Å²) in [6.07, 6.45) is 2.37. The Balaban J connectivity index is 1.53. The van der Waals surface area contributed by atoms with Gasteiger partial charge in [0.2, 0.25) is 0 Å². The minimum Gasteiger partial charge on any atom is -0.490 e. The van der Waals surface area contributed by atoms with Crippen molar-refractivity contribution in [3.05, 3.63) is 96.1 Å². The van der Waals surface area contributed by atoms with Crippen molar-refractivity contribution in [3.8, 4) is 16.9 Å². The third kappa shape index (κ3) is 6.82. The number of aliphatic carboxylic acids is 1. The second kappa shape index (κ2) is 11.9. The first-order chi connectivity index (χ1) is 15.6. The summed E-state index contributed by atoms with van der Waals surface area (Å²) >= 11 is 0. The number of hydrogen-bond acceptors (Lipinski definition) is 3. The van der Waals surface area contributed by atoms with Gasteiger partial charge in [-0.2, -0.15) is 0 Å². The molecule has 0 aliphatic heterocycles. The molecule has 0 radical (unpaired) electrons.